The molecule has 1 amide bonds. The summed E-state index contributed by atoms with van der Waals surface area (Å²) in [5, 5.41) is 3.02. The predicted octanol–water partition coefficient (Wildman–Crippen LogP) is 5.00. The molecule has 1 unspecified atom stereocenters. The third kappa shape index (κ3) is 4.02. The highest BCUT2D eigenvalue weighted by Crippen LogP contribution is 2.43. The Bertz CT molecular complexity index is 1250. The number of hydrogen-bond donors (Lipinski definition) is 1. The van der Waals surface area contributed by atoms with Gasteiger partial charge in [0, 0.05) is 11.1 Å². The molecule has 0 spiro atoms. The summed E-state index contributed by atoms with van der Waals surface area (Å²) < 4.78 is 28.2. The van der Waals surface area contributed by atoms with Crippen molar-refractivity contribution in [3.63, 3.8) is 0 Å². The average Bonchev–Trinajstić information content (AvgIpc) is 2.80. The summed E-state index contributed by atoms with van der Waals surface area (Å²) in [4.78, 5) is 13.3. The van der Waals surface area contributed by atoms with Crippen molar-refractivity contribution in [3.05, 3.63) is 83.4 Å². The van der Waals surface area contributed by atoms with Gasteiger partial charge in [-0.3, -0.25) is 9.10 Å². The van der Waals surface area contributed by atoms with Crippen molar-refractivity contribution in [3.8, 4) is 11.1 Å². The lowest BCUT2D eigenvalue weighted by molar-refractivity contribution is -0.120. The number of nitrogens with one attached hydrogen (secondary N) is 1. The fourth-order valence-corrected chi connectivity index (χ4v) is 5.81. The Hall–Kier alpha value is -3.12. The maximum absolute atomic E-state index is 13.5. The minimum absolute atomic E-state index is 0.176. The molecule has 166 valence electrons. The van der Waals surface area contributed by atoms with Gasteiger partial charge in [0.1, 0.15) is 6.54 Å². The summed E-state index contributed by atoms with van der Waals surface area (Å²) in [6.45, 7) is 5.82. The van der Waals surface area contributed by atoms with Crippen LogP contribution in [-0.4, -0.2) is 20.9 Å². The molecule has 4 rings (SSSR count). The van der Waals surface area contributed by atoms with Gasteiger partial charge in [-0.25, -0.2) is 8.42 Å². The van der Waals surface area contributed by atoms with Crippen LogP contribution < -0.4 is 9.62 Å². The number of hydrogen-bond acceptors (Lipinski definition) is 3. The van der Waals surface area contributed by atoms with E-state index in [-0.39, 0.29) is 23.4 Å². The molecule has 0 saturated heterocycles. The van der Waals surface area contributed by atoms with E-state index in [0.717, 1.165) is 28.7 Å². The summed E-state index contributed by atoms with van der Waals surface area (Å²) >= 11 is 0. The molecule has 0 aromatic heterocycles. The van der Waals surface area contributed by atoms with Crippen LogP contribution in [0.25, 0.3) is 11.1 Å². The van der Waals surface area contributed by atoms with Crippen molar-refractivity contribution in [1.82, 2.24) is 5.32 Å². The zero-order valence-electron chi connectivity index (χ0n) is 18.6. The first-order chi connectivity index (χ1) is 15.3. The van der Waals surface area contributed by atoms with Gasteiger partial charge in [-0.05, 0) is 49.1 Å². The van der Waals surface area contributed by atoms with Gasteiger partial charge >= 0.3 is 0 Å². The van der Waals surface area contributed by atoms with E-state index in [4.69, 9.17) is 0 Å². The van der Waals surface area contributed by atoms with Crippen LogP contribution in [-0.2, 0) is 21.2 Å². The van der Waals surface area contributed by atoms with Crippen LogP contribution in [0, 0.1) is 6.92 Å². The Morgan fingerprint density at radius 3 is 2.38 bits per heavy atom. The molecule has 0 radical (unpaired) electrons. The van der Waals surface area contributed by atoms with Crippen molar-refractivity contribution in [1.29, 1.82) is 0 Å². The molecule has 0 bridgehead atoms. The first kappa shape index (κ1) is 22.1. The first-order valence-corrected chi connectivity index (χ1v) is 12.4. The summed E-state index contributed by atoms with van der Waals surface area (Å²) in [7, 11) is -3.85. The number of anilines is 1. The van der Waals surface area contributed by atoms with Crippen LogP contribution >= 0.6 is 0 Å². The summed E-state index contributed by atoms with van der Waals surface area (Å²) in [6.07, 6.45) is 1.55. The summed E-state index contributed by atoms with van der Waals surface area (Å²) in [6, 6.07) is 20.6. The third-order valence-corrected chi connectivity index (χ3v) is 7.81. The molecule has 3 aromatic carbocycles. The Morgan fingerprint density at radius 2 is 1.69 bits per heavy atom. The maximum Gasteiger partial charge on any atom is 0.265 e. The van der Waals surface area contributed by atoms with E-state index in [0.29, 0.717) is 17.7 Å². The van der Waals surface area contributed by atoms with Gasteiger partial charge in [0.05, 0.1) is 16.6 Å². The van der Waals surface area contributed by atoms with E-state index in [1.807, 2.05) is 68.4 Å². The van der Waals surface area contributed by atoms with Gasteiger partial charge in [0.15, 0.2) is 0 Å². The number of rotatable bonds is 6. The molecule has 0 saturated carbocycles. The molecular formula is C26H28N2O3S. The zero-order chi connectivity index (χ0) is 22.9. The summed E-state index contributed by atoms with van der Waals surface area (Å²) in [5.74, 6) is -0.328. The van der Waals surface area contributed by atoms with E-state index >= 15 is 0 Å². The van der Waals surface area contributed by atoms with Crippen molar-refractivity contribution in [2.75, 3.05) is 10.8 Å². The van der Waals surface area contributed by atoms with Crippen molar-refractivity contribution in [2.24, 2.45) is 0 Å². The van der Waals surface area contributed by atoms with Gasteiger partial charge in [-0.2, -0.15) is 0 Å². The Labute approximate surface area is 190 Å². The van der Waals surface area contributed by atoms with Gasteiger partial charge in [0.25, 0.3) is 10.0 Å². The van der Waals surface area contributed by atoms with Crippen molar-refractivity contribution < 1.29 is 13.2 Å². The van der Waals surface area contributed by atoms with Crippen LogP contribution in [0.4, 0.5) is 5.69 Å². The van der Waals surface area contributed by atoms with Gasteiger partial charge in [-0.15, -0.1) is 0 Å². The lowest BCUT2D eigenvalue weighted by Crippen LogP contribution is -2.43. The van der Waals surface area contributed by atoms with Crippen molar-refractivity contribution >= 4 is 21.6 Å². The fourth-order valence-electron chi connectivity index (χ4n) is 4.16. The molecule has 1 atom stereocenters. The Kier molecular flexibility index (Phi) is 6.07. The average molecular weight is 449 g/mol. The molecule has 5 nitrogen and oxygen atoms in total. The molecule has 32 heavy (non-hydrogen) atoms. The van der Waals surface area contributed by atoms with Crippen molar-refractivity contribution in [2.45, 2.75) is 44.6 Å². The highest BCUT2D eigenvalue weighted by Gasteiger charge is 2.36. The molecular weight excluding hydrogens is 420 g/mol. The van der Waals surface area contributed by atoms with Crippen LogP contribution in [0.5, 0.6) is 0 Å². The van der Waals surface area contributed by atoms with E-state index in [1.165, 1.54) is 4.31 Å². The molecule has 3 aromatic rings. The second kappa shape index (κ2) is 8.79. The fraction of sp³-hybridized carbons (Fsp3) is 0.269. The first-order valence-electron chi connectivity index (χ1n) is 11.0. The molecule has 1 N–H and O–H groups in total. The number of carbonyl (C=O) groups is 1. The quantitative estimate of drug-likeness (QED) is 0.577. The number of fused-ring (bicyclic) bond motifs is 3. The third-order valence-electron chi connectivity index (χ3n) is 5.99. The number of carbonyl (C=O) groups excluding carboxylic acids is 1. The molecule has 1 heterocycles. The number of benzene rings is 3. The Balaban J connectivity index is 1.67. The largest absolute Gasteiger partial charge is 0.348 e. The highest BCUT2D eigenvalue weighted by atomic mass is 32.2. The molecule has 0 fully saturated rings. The standard InChI is InChI=1S/C26H28N2O3S/c1-4-19-12-15-24-22(16-19)21-8-6-7-9-25(21)32(30,31)28(24)17-26(29)27-23(5-2)20-13-10-18(3)11-14-20/h6-16,23H,4-5,17H2,1-3H3,(H,27,29). The predicted molar refractivity (Wildman–Crippen MR) is 128 cm³/mol. The number of sulfonamides is 1. The molecule has 0 aliphatic carbocycles. The van der Waals surface area contributed by atoms with Crippen LogP contribution in [0.1, 0.15) is 43.0 Å². The van der Waals surface area contributed by atoms with Gasteiger partial charge < -0.3 is 5.32 Å². The van der Waals surface area contributed by atoms with Gasteiger partial charge in [0.2, 0.25) is 5.91 Å². The second-order valence-corrected chi connectivity index (χ2v) is 9.98. The number of aryl methyl sites for hydroxylation is 2. The maximum atomic E-state index is 13.5. The smallest absolute Gasteiger partial charge is 0.265 e. The number of amides is 1. The van der Waals surface area contributed by atoms with Crippen LogP contribution in [0.3, 0.4) is 0 Å². The molecule has 1 aliphatic rings. The number of nitrogens with zero attached hydrogens (tertiary/aromatic N) is 1. The van der Waals surface area contributed by atoms with E-state index in [9.17, 15) is 13.2 Å². The lowest BCUT2D eigenvalue weighted by atomic mass is 9.99. The highest BCUT2D eigenvalue weighted by molar-refractivity contribution is 7.93. The summed E-state index contributed by atoms with van der Waals surface area (Å²) in [5.41, 5.74) is 5.34. The molecule has 1 aliphatic heterocycles. The van der Waals surface area contributed by atoms with Gasteiger partial charge in [-0.1, -0.05) is 67.9 Å². The minimum Gasteiger partial charge on any atom is -0.348 e. The van der Waals surface area contributed by atoms with E-state index < -0.39 is 10.0 Å². The zero-order valence-corrected chi connectivity index (χ0v) is 19.4. The SMILES string of the molecule is CCc1ccc2c(c1)-c1ccccc1S(=O)(=O)N2CC(=O)NC(CC)c1ccc(C)cc1. The minimum atomic E-state index is -3.85. The monoisotopic (exact) mass is 448 g/mol. The Morgan fingerprint density at radius 1 is 0.969 bits per heavy atom. The van der Waals surface area contributed by atoms with E-state index in [1.54, 1.807) is 12.1 Å². The van der Waals surface area contributed by atoms with Crippen LogP contribution in [0.15, 0.2) is 71.6 Å². The lowest BCUT2D eigenvalue weighted by Gasteiger charge is -2.32. The topological polar surface area (TPSA) is 66.5 Å². The molecule has 6 heteroatoms. The second-order valence-electron chi connectivity index (χ2n) is 8.15. The normalized spacial score (nSPS) is 14.9. The van der Waals surface area contributed by atoms with Crippen LogP contribution in [0.2, 0.25) is 0 Å². The van der Waals surface area contributed by atoms with E-state index in [2.05, 4.69) is 12.2 Å².